The van der Waals surface area contributed by atoms with Gasteiger partial charge in [-0.05, 0) is 25.1 Å². The molecule has 0 amide bonds. The normalized spacial score (nSPS) is 9.83. The average molecular weight is 168 g/mol. The van der Waals surface area contributed by atoms with Crippen molar-refractivity contribution in [1.29, 1.82) is 0 Å². The monoisotopic (exact) mass is 168 g/mol. The number of hydrogen-bond donors (Lipinski definition) is 1. The Balaban J connectivity index is 2.97. The number of aromatic hydroxyl groups is 1. The average Bonchev–Trinajstić information content (AvgIpc) is 1.96. The molecule has 0 bridgehead atoms. The van der Waals surface area contributed by atoms with Crippen LogP contribution in [0.25, 0.3) is 0 Å². The molecule has 0 aliphatic heterocycles. The van der Waals surface area contributed by atoms with Gasteiger partial charge in [0.05, 0.1) is 0 Å². The SMILES string of the molecule is CC(=O)Cc1cc(F)ccc1O. The van der Waals surface area contributed by atoms with Gasteiger partial charge < -0.3 is 5.11 Å². The van der Waals surface area contributed by atoms with Gasteiger partial charge in [-0.15, -0.1) is 0 Å². The first kappa shape index (κ1) is 8.71. The molecule has 0 aliphatic rings. The van der Waals surface area contributed by atoms with Crippen molar-refractivity contribution >= 4 is 5.78 Å². The molecule has 1 rings (SSSR count). The van der Waals surface area contributed by atoms with E-state index in [4.69, 9.17) is 5.11 Å². The Morgan fingerprint density at radius 2 is 2.25 bits per heavy atom. The predicted molar refractivity (Wildman–Crippen MR) is 42.4 cm³/mol. The third-order valence-corrected chi connectivity index (χ3v) is 1.48. The van der Waals surface area contributed by atoms with Crippen molar-refractivity contribution in [1.82, 2.24) is 0 Å². The molecular weight excluding hydrogens is 159 g/mol. The Kier molecular flexibility index (Phi) is 2.43. The number of hydrogen-bond acceptors (Lipinski definition) is 2. The number of benzene rings is 1. The first-order valence-electron chi connectivity index (χ1n) is 3.56. The molecular formula is C9H9FO2. The minimum atomic E-state index is -0.441. The van der Waals surface area contributed by atoms with Crippen molar-refractivity contribution in [3.8, 4) is 5.75 Å². The molecule has 1 aromatic carbocycles. The molecule has 0 aliphatic carbocycles. The summed E-state index contributed by atoms with van der Waals surface area (Å²) in [5, 5.41) is 9.16. The first-order chi connectivity index (χ1) is 5.59. The van der Waals surface area contributed by atoms with Gasteiger partial charge in [-0.2, -0.15) is 0 Å². The minimum absolute atomic E-state index is 0.0356. The van der Waals surface area contributed by atoms with Crippen molar-refractivity contribution in [3.05, 3.63) is 29.6 Å². The molecule has 0 unspecified atom stereocenters. The Morgan fingerprint density at radius 3 is 2.83 bits per heavy atom. The molecule has 12 heavy (non-hydrogen) atoms. The van der Waals surface area contributed by atoms with Gasteiger partial charge in [0, 0.05) is 12.0 Å². The van der Waals surface area contributed by atoms with Crippen molar-refractivity contribution in [2.45, 2.75) is 13.3 Å². The topological polar surface area (TPSA) is 37.3 Å². The van der Waals surface area contributed by atoms with Crippen LogP contribution in [0.15, 0.2) is 18.2 Å². The molecule has 0 spiro atoms. The lowest BCUT2D eigenvalue weighted by atomic mass is 10.1. The number of rotatable bonds is 2. The van der Waals surface area contributed by atoms with Gasteiger partial charge in [-0.25, -0.2) is 4.39 Å². The smallest absolute Gasteiger partial charge is 0.134 e. The maximum Gasteiger partial charge on any atom is 0.134 e. The van der Waals surface area contributed by atoms with Crippen LogP contribution in [0.2, 0.25) is 0 Å². The van der Waals surface area contributed by atoms with E-state index in [1.165, 1.54) is 13.0 Å². The van der Waals surface area contributed by atoms with Crippen LogP contribution in [0.5, 0.6) is 5.75 Å². The molecule has 0 atom stereocenters. The lowest BCUT2D eigenvalue weighted by Gasteiger charge is -2.00. The standard InChI is InChI=1S/C9H9FO2/c1-6(11)4-7-5-8(10)2-3-9(7)12/h2-3,5,12H,4H2,1H3. The summed E-state index contributed by atoms with van der Waals surface area (Å²) in [6.07, 6.45) is 0.0730. The molecule has 0 aromatic heterocycles. The lowest BCUT2D eigenvalue weighted by Crippen LogP contribution is -1.96. The Bertz CT molecular complexity index is 307. The predicted octanol–water partition coefficient (Wildman–Crippen LogP) is 1.66. The number of halogens is 1. The van der Waals surface area contributed by atoms with E-state index in [2.05, 4.69) is 0 Å². The number of Topliss-reactive ketones (excluding diaryl/α,β-unsaturated/α-hetero) is 1. The zero-order chi connectivity index (χ0) is 9.14. The van der Waals surface area contributed by atoms with Gasteiger partial charge in [-0.3, -0.25) is 4.79 Å². The number of phenols is 1. The summed E-state index contributed by atoms with van der Waals surface area (Å²) in [5.74, 6) is -0.577. The van der Waals surface area contributed by atoms with Crippen LogP contribution in [0, 0.1) is 5.82 Å². The second-order valence-electron chi connectivity index (χ2n) is 2.65. The third kappa shape index (κ3) is 2.05. The molecule has 64 valence electrons. The van der Waals surface area contributed by atoms with Gasteiger partial charge in [0.1, 0.15) is 17.3 Å². The molecule has 0 radical (unpaired) electrons. The minimum Gasteiger partial charge on any atom is -0.508 e. The van der Waals surface area contributed by atoms with Crippen molar-refractivity contribution in [3.63, 3.8) is 0 Å². The zero-order valence-electron chi connectivity index (χ0n) is 6.67. The highest BCUT2D eigenvalue weighted by Crippen LogP contribution is 2.18. The van der Waals surface area contributed by atoms with Gasteiger partial charge >= 0.3 is 0 Å². The molecule has 3 heteroatoms. The molecule has 0 heterocycles. The van der Waals surface area contributed by atoms with Gasteiger partial charge in [0.15, 0.2) is 0 Å². The van der Waals surface area contributed by atoms with E-state index in [0.29, 0.717) is 5.56 Å². The summed E-state index contributed by atoms with van der Waals surface area (Å²) in [6, 6.07) is 3.56. The van der Waals surface area contributed by atoms with E-state index < -0.39 is 5.82 Å². The van der Waals surface area contributed by atoms with Crippen LogP contribution in [-0.4, -0.2) is 10.9 Å². The third-order valence-electron chi connectivity index (χ3n) is 1.48. The number of carbonyl (C=O) groups is 1. The van der Waals surface area contributed by atoms with E-state index in [1.807, 2.05) is 0 Å². The van der Waals surface area contributed by atoms with Crippen LogP contribution in [-0.2, 0) is 11.2 Å². The van der Waals surface area contributed by atoms with Crippen molar-refractivity contribution in [2.24, 2.45) is 0 Å². The van der Waals surface area contributed by atoms with Gasteiger partial charge in [0.2, 0.25) is 0 Å². The zero-order valence-corrected chi connectivity index (χ0v) is 6.67. The number of carbonyl (C=O) groups excluding carboxylic acids is 1. The maximum absolute atomic E-state index is 12.6. The molecule has 0 saturated heterocycles. The Labute approximate surface area is 69.6 Å². The second-order valence-corrected chi connectivity index (χ2v) is 2.65. The summed E-state index contributed by atoms with van der Waals surface area (Å²) < 4.78 is 12.6. The highest BCUT2D eigenvalue weighted by molar-refractivity contribution is 5.78. The number of phenolic OH excluding ortho intramolecular Hbond substituents is 1. The molecule has 2 nitrogen and oxygen atoms in total. The largest absolute Gasteiger partial charge is 0.508 e. The summed E-state index contributed by atoms with van der Waals surface area (Å²) >= 11 is 0. The van der Waals surface area contributed by atoms with Crippen LogP contribution in [0.4, 0.5) is 4.39 Å². The molecule has 0 saturated carbocycles. The van der Waals surface area contributed by atoms with Crippen LogP contribution in [0.1, 0.15) is 12.5 Å². The van der Waals surface area contributed by atoms with E-state index >= 15 is 0 Å². The van der Waals surface area contributed by atoms with Gasteiger partial charge in [-0.1, -0.05) is 0 Å². The summed E-state index contributed by atoms with van der Waals surface area (Å²) in [5.41, 5.74) is 0.336. The van der Waals surface area contributed by atoms with E-state index in [1.54, 1.807) is 0 Å². The van der Waals surface area contributed by atoms with Crippen LogP contribution >= 0.6 is 0 Å². The van der Waals surface area contributed by atoms with Crippen LogP contribution < -0.4 is 0 Å². The fraction of sp³-hybridized carbons (Fsp3) is 0.222. The fourth-order valence-corrected chi connectivity index (χ4v) is 0.964. The molecule has 1 aromatic rings. The van der Waals surface area contributed by atoms with E-state index in [9.17, 15) is 9.18 Å². The van der Waals surface area contributed by atoms with Crippen LogP contribution in [0.3, 0.4) is 0 Å². The summed E-state index contributed by atoms with van der Waals surface area (Å²) in [7, 11) is 0. The van der Waals surface area contributed by atoms with Gasteiger partial charge in [0.25, 0.3) is 0 Å². The fourth-order valence-electron chi connectivity index (χ4n) is 0.964. The van der Waals surface area contributed by atoms with Crippen molar-refractivity contribution in [2.75, 3.05) is 0 Å². The second kappa shape index (κ2) is 3.34. The molecule has 0 fully saturated rings. The summed E-state index contributed by atoms with van der Waals surface area (Å²) in [6.45, 7) is 1.39. The molecule has 1 N–H and O–H groups in total. The Hall–Kier alpha value is -1.38. The van der Waals surface area contributed by atoms with E-state index in [-0.39, 0.29) is 18.0 Å². The lowest BCUT2D eigenvalue weighted by molar-refractivity contribution is -0.116. The quantitative estimate of drug-likeness (QED) is 0.729. The maximum atomic E-state index is 12.6. The number of ketones is 1. The first-order valence-corrected chi connectivity index (χ1v) is 3.56. The summed E-state index contributed by atoms with van der Waals surface area (Å²) in [4.78, 5) is 10.6. The van der Waals surface area contributed by atoms with E-state index in [0.717, 1.165) is 12.1 Å². The highest BCUT2D eigenvalue weighted by atomic mass is 19.1. The highest BCUT2D eigenvalue weighted by Gasteiger charge is 2.04. The van der Waals surface area contributed by atoms with Crippen molar-refractivity contribution < 1.29 is 14.3 Å². The Morgan fingerprint density at radius 1 is 1.58 bits per heavy atom.